The lowest BCUT2D eigenvalue weighted by Gasteiger charge is -1.99. The molecule has 0 spiro atoms. The first-order chi connectivity index (χ1) is 8.04. The number of nitrogens with two attached hydrogens (primary N) is 1. The molecule has 92 valence electrons. The summed E-state index contributed by atoms with van der Waals surface area (Å²) < 4.78 is 0. The molecule has 0 aliphatic rings. The molecule has 0 bridgehead atoms. The molecule has 0 saturated carbocycles. The van der Waals surface area contributed by atoms with Crippen molar-refractivity contribution in [3.05, 3.63) is 11.1 Å². The lowest BCUT2D eigenvalue weighted by Crippen LogP contribution is -2.23. The summed E-state index contributed by atoms with van der Waals surface area (Å²) in [5.74, 6) is -1.73. The molecule has 1 aromatic heterocycles. The van der Waals surface area contributed by atoms with Crippen LogP contribution in [0.5, 0.6) is 0 Å². The molecule has 0 aromatic carbocycles. The van der Waals surface area contributed by atoms with Crippen LogP contribution in [-0.4, -0.2) is 41.3 Å². The molecule has 0 unspecified atom stereocenters. The number of hydrogen-bond donors (Lipinski definition) is 3. The van der Waals surface area contributed by atoms with E-state index in [0.29, 0.717) is 0 Å². The number of oxime groups is 1. The number of nitrogens with zero attached hydrogens (tertiary/aromatic N) is 2. The van der Waals surface area contributed by atoms with Gasteiger partial charge in [0.15, 0.2) is 11.7 Å². The second-order valence-corrected chi connectivity index (χ2v) is 3.65. The fraction of sp³-hybridized carbons (Fsp3) is 0.250. The van der Waals surface area contributed by atoms with Gasteiger partial charge in [0, 0.05) is 12.4 Å². The number of anilines is 1. The second kappa shape index (κ2) is 5.80. The molecule has 1 amide bonds. The van der Waals surface area contributed by atoms with E-state index in [-0.39, 0.29) is 17.4 Å². The Morgan fingerprint density at radius 2 is 2.41 bits per heavy atom. The van der Waals surface area contributed by atoms with E-state index in [1.807, 2.05) is 0 Å². The lowest BCUT2D eigenvalue weighted by atomic mass is 10.3. The van der Waals surface area contributed by atoms with Crippen molar-refractivity contribution in [2.45, 2.75) is 0 Å². The number of rotatable bonds is 5. The Balaban J connectivity index is 2.76. The number of carbonyl (C=O) groups is 2. The summed E-state index contributed by atoms with van der Waals surface area (Å²) in [6.07, 6.45) is 0. The monoisotopic (exact) mass is 258 g/mol. The molecule has 0 aliphatic heterocycles. The van der Waals surface area contributed by atoms with Crippen LogP contribution in [-0.2, 0) is 14.4 Å². The first-order valence-corrected chi connectivity index (χ1v) is 5.27. The highest BCUT2D eigenvalue weighted by atomic mass is 32.1. The predicted molar refractivity (Wildman–Crippen MR) is 60.7 cm³/mol. The Bertz CT molecular complexity index is 456. The molecule has 17 heavy (non-hydrogen) atoms. The number of nitrogen functional groups attached to an aromatic ring is 1. The van der Waals surface area contributed by atoms with Gasteiger partial charge in [-0.05, 0) is 0 Å². The van der Waals surface area contributed by atoms with Crippen LogP contribution in [0.3, 0.4) is 0 Å². The van der Waals surface area contributed by atoms with Crippen molar-refractivity contribution in [3.8, 4) is 0 Å². The standard InChI is InChI=1S/C8H10N4O4S/c1-10-5(13)2-16-12-6(7(14)15)4-3-17-8(9)11-4/h3H,2H2,1H3,(H2,9,11)(H,10,13)(H,14,15)/b12-6+. The van der Waals surface area contributed by atoms with Gasteiger partial charge in [-0.3, -0.25) is 4.79 Å². The van der Waals surface area contributed by atoms with Crippen molar-refractivity contribution in [1.29, 1.82) is 0 Å². The third kappa shape index (κ3) is 3.72. The Labute approximate surface area is 100 Å². The van der Waals surface area contributed by atoms with Crippen molar-refractivity contribution in [3.63, 3.8) is 0 Å². The number of likely N-dealkylation sites (N-methyl/N-ethyl adjacent to an activating group) is 1. The zero-order valence-corrected chi connectivity index (χ0v) is 9.65. The van der Waals surface area contributed by atoms with Crippen LogP contribution in [0.1, 0.15) is 5.69 Å². The fourth-order valence-corrected chi connectivity index (χ4v) is 1.37. The smallest absolute Gasteiger partial charge is 0.360 e. The highest BCUT2D eigenvalue weighted by Gasteiger charge is 2.17. The average molecular weight is 258 g/mol. The van der Waals surface area contributed by atoms with Crippen molar-refractivity contribution in [2.24, 2.45) is 5.16 Å². The predicted octanol–water partition coefficient (Wildman–Crippen LogP) is -0.723. The van der Waals surface area contributed by atoms with Gasteiger partial charge in [-0.25, -0.2) is 9.78 Å². The topological polar surface area (TPSA) is 127 Å². The summed E-state index contributed by atoms with van der Waals surface area (Å²) in [7, 11) is 1.43. The third-order valence-electron chi connectivity index (χ3n) is 1.60. The molecule has 9 heteroatoms. The van der Waals surface area contributed by atoms with Crippen LogP contribution in [0.15, 0.2) is 10.5 Å². The zero-order valence-electron chi connectivity index (χ0n) is 8.84. The van der Waals surface area contributed by atoms with Gasteiger partial charge in [0.05, 0.1) is 0 Å². The molecular weight excluding hydrogens is 248 g/mol. The van der Waals surface area contributed by atoms with Crippen molar-refractivity contribution in [1.82, 2.24) is 10.3 Å². The number of hydrogen-bond acceptors (Lipinski definition) is 7. The van der Waals surface area contributed by atoms with Crippen molar-refractivity contribution < 1.29 is 19.5 Å². The number of amides is 1. The van der Waals surface area contributed by atoms with E-state index in [1.165, 1.54) is 12.4 Å². The molecule has 0 radical (unpaired) electrons. The summed E-state index contributed by atoms with van der Waals surface area (Å²) in [6, 6.07) is 0. The van der Waals surface area contributed by atoms with Gasteiger partial charge < -0.3 is 21.0 Å². The van der Waals surface area contributed by atoms with E-state index < -0.39 is 17.6 Å². The largest absolute Gasteiger partial charge is 0.476 e. The van der Waals surface area contributed by atoms with Crippen molar-refractivity contribution >= 4 is 34.1 Å². The van der Waals surface area contributed by atoms with E-state index in [1.54, 1.807) is 0 Å². The van der Waals surface area contributed by atoms with E-state index in [0.717, 1.165) is 11.3 Å². The number of thiazole rings is 1. The van der Waals surface area contributed by atoms with Crippen molar-refractivity contribution in [2.75, 3.05) is 19.4 Å². The molecule has 4 N–H and O–H groups in total. The van der Waals surface area contributed by atoms with Crippen LogP contribution in [0.4, 0.5) is 5.13 Å². The Morgan fingerprint density at radius 1 is 1.71 bits per heavy atom. The molecule has 1 heterocycles. The van der Waals surface area contributed by atoms with E-state index in [9.17, 15) is 9.59 Å². The minimum atomic E-state index is -1.31. The molecule has 0 fully saturated rings. The number of nitrogens with one attached hydrogen (secondary N) is 1. The summed E-state index contributed by atoms with van der Waals surface area (Å²) in [5.41, 5.74) is 5.06. The van der Waals surface area contributed by atoms with Gasteiger partial charge in [0.2, 0.25) is 5.71 Å². The number of aromatic nitrogens is 1. The van der Waals surface area contributed by atoms with Crippen LogP contribution in [0, 0.1) is 0 Å². The summed E-state index contributed by atoms with van der Waals surface area (Å²) in [4.78, 5) is 30.0. The van der Waals surface area contributed by atoms with E-state index in [4.69, 9.17) is 10.8 Å². The lowest BCUT2D eigenvalue weighted by molar-refractivity contribution is -0.130. The molecular formula is C8H10N4O4S. The third-order valence-corrected chi connectivity index (χ3v) is 2.27. The minimum absolute atomic E-state index is 0.0944. The zero-order chi connectivity index (χ0) is 12.8. The number of carbonyl (C=O) groups excluding carboxylic acids is 1. The first kappa shape index (κ1) is 12.9. The number of carboxylic acids is 1. The van der Waals surface area contributed by atoms with Gasteiger partial charge in [-0.2, -0.15) is 0 Å². The van der Waals surface area contributed by atoms with E-state index >= 15 is 0 Å². The van der Waals surface area contributed by atoms with Crippen LogP contribution < -0.4 is 11.1 Å². The van der Waals surface area contributed by atoms with Gasteiger partial charge in [-0.1, -0.05) is 5.16 Å². The maximum Gasteiger partial charge on any atom is 0.360 e. The number of aliphatic carboxylic acids is 1. The highest BCUT2D eigenvalue weighted by Crippen LogP contribution is 2.12. The van der Waals surface area contributed by atoms with E-state index in [2.05, 4.69) is 20.3 Å². The minimum Gasteiger partial charge on any atom is -0.476 e. The molecule has 8 nitrogen and oxygen atoms in total. The van der Waals surface area contributed by atoms with Crippen LogP contribution >= 0.6 is 11.3 Å². The van der Waals surface area contributed by atoms with Gasteiger partial charge in [0.25, 0.3) is 5.91 Å². The average Bonchev–Trinajstić information content (AvgIpc) is 2.70. The summed E-state index contributed by atoms with van der Waals surface area (Å²) in [5, 5.41) is 16.2. The quantitative estimate of drug-likeness (QED) is 0.472. The Hall–Kier alpha value is -2.16. The molecule has 0 saturated heterocycles. The second-order valence-electron chi connectivity index (χ2n) is 2.76. The Kier molecular flexibility index (Phi) is 4.40. The Morgan fingerprint density at radius 3 is 2.88 bits per heavy atom. The van der Waals surface area contributed by atoms with Gasteiger partial charge >= 0.3 is 5.97 Å². The highest BCUT2D eigenvalue weighted by molar-refractivity contribution is 7.13. The summed E-state index contributed by atoms with van der Waals surface area (Å²) >= 11 is 1.08. The SMILES string of the molecule is CNC(=O)CO/N=C(/C(=O)O)c1csc(N)n1. The fourth-order valence-electron chi connectivity index (χ4n) is 0.819. The summed E-state index contributed by atoms with van der Waals surface area (Å²) in [6.45, 7) is -0.368. The maximum absolute atomic E-state index is 10.9. The van der Waals surface area contributed by atoms with Crippen LogP contribution in [0.25, 0.3) is 0 Å². The molecule has 0 atom stereocenters. The van der Waals surface area contributed by atoms with Crippen LogP contribution in [0.2, 0.25) is 0 Å². The van der Waals surface area contributed by atoms with Gasteiger partial charge in [0.1, 0.15) is 5.69 Å². The maximum atomic E-state index is 10.9. The molecule has 0 aliphatic carbocycles. The number of carboxylic acid groups (broad SMARTS) is 1. The normalized spacial score (nSPS) is 11.0. The van der Waals surface area contributed by atoms with Gasteiger partial charge in [-0.15, -0.1) is 11.3 Å². The molecule has 1 aromatic rings. The first-order valence-electron chi connectivity index (χ1n) is 4.39. The molecule has 1 rings (SSSR count).